The van der Waals surface area contributed by atoms with E-state index >= 15 is 0 Å². The lowest BCUT2D eigenvalue weighted by atomic mass is 10.1. The first-order chi connectivity index (χ1) is 17.0. The molecule has 0 radical (unpaired) electrons. The van der Waals surface area contributed by atoms with E-state index in [0.717, 1.165) is 47.4 Å². The molecule has 5 rings (SSSR count). The van der Waals surface area contributed by atoms with E-state index < -0.39 is 0 Å². The highest BCUT2D eigenvalue weighted by Gasteiger charge is 2.22. The van der Waals surface area contributed by atoms with Gasteiger partial charge < -0.3 is 25.0 Å². The smallest absolute Gasteiger partial charge is 0.323 e. The summed E-state index contributed by atoms with van der Waals surface area (Å²) >= 11 is 0. The Morgan fingerprint density at radius 3 is 2.23 bits per heavy atom. The van der Waals surface area contributed by atoms with Crippen molar-refractivity contribution in [3.63, 3.8) is 0 Å². The Bertz CT molecular complexity index is 1370. The molecule has 8 heteroatoms. The molecule has 0 aliphatic carbocycles. The van der Waals surface area contributed by atoms with E-state index in [1.54, 1.807) is 14.2 Å². The first kappa shape index (κ1) is 22.5. The number of rotatable bonds is 6. The summed E-state index contributed by atoms with van der Waals surface area (Å²) < 4.78 is 23.9. The van der Waals surface area contributed by atoms with Gasteiger partial charge in [0.2, 0.25) is 0 Å². The SMILES string of the molecule is COc1cc2cc3c(nc2cc1OC)CCN3Cc1ccc(NC(=O)Nc2ccc(F)cc2)cc1. The summed E-state index contributed by atoms with van der Waals surface area (Å²) in [5, 5.41) is 6.48. The molecule has 0 unspecified atom stereocenters. The molecular weight excluding hydrogens is 447 g/mol. The summed E-state index contributed by atoms with van der Waals surface area (Å²) in [6.45, 7) is 1.61. The van der Waals surface area contributed by atoms with Crippen LogP contribution in [0.25, 0.3) is 10.9 Å². The lowest BCUT2D eigenvalue weighted by Crippen LogP contribution is -2.20. The normalized spacial score (nSPS) is 12.4. The summed E-state index contributed by atoms with van der Waals surface area (Å²) in [6, 6.07) is 19.0. The van der Waals surface area contributed by atoms with Crippen molar-refractivity contribution in [3.8, 4) is 11.5 Å². The van der Waals surface area contributed by atoms with Gasteiger partial charge in [-0.2, -0.15) is 0 Å². The Labute approximate surface area is 202 Å². The maximum Gasteiger partial charge on any atom is 0.323 e. The minimum Gasteiger partial charge on any atom is -0.493 e. The highest BCUT2D eigenvalue weighted by atomic mass is 19.1. The molecule has 2 N–H and O–H groups in total. The maximum atomic E-state index is 13.0. The fourth-order valence-corrected chi connectivity index (χ4v) is 4.25. The van der Waals surface area contributed by atoms with Crippen molar-refractivity contribution in [1.82, 2.24) is 4.98 Å². The van der Waals surface area contributed by atoms with E-state index in [1.807, 2.05) is 36.4 Å². The molecule has 2 heterocycles. The van der Waals surface area contributed by atoms with Crippen molar-refractivity contribution in [1.29, 1.82) is 0 Å². The van der Waals surface area contributed by atoms with Crippen LogP contribution < -0.4 is 25.0 Å². The van der Waals surface area contributed by atoms with Crippen LogP contribution in [0, 0.1) is 5.82 Å². The van der Waals surface area contributed by atoms with E-state index in [0.29, 0.717) is 22.9 Å². The number of pyridine rings is 1. The van der Waals surface area contributed by atoms with Crippen LogP contribution in [0.5, 0.6) is 11.5 Å². The number of ether oxygens (including phenoxy) is 2. The number of carbonyl (C=O) groups excluding carboxylic acids is 1. The molecule has 0 spiro atoms. The quantitative estimate of drug-likeness (QED) is 0.382. The lowest BCUT2D eigenvalue weighted by molar-refractivity contribution is 0.262. The van der Waals surface area contributed by atoms with Crippen molar-refractivity contribution in [2.45, 2.75) is 13.0 Å². The Balaban J connectivity index is 1.27. The van der Waals surface area contributed by atoms with Crippen LogP contribution in [0.4, 0.5) is 26.2 Å². The van der Waals surface area contributed by atoms with Gasteiger partial charge in [0.1, 0.15) is 5.82 Å². The number of fused-ring (bicyclic) bond motifs is 2. The van der Waals surface area contributed by atoms with Crippen LogP contribution in [0.3, 0.4) is 0 Å². The molecule has 35 heavy (non-hydrogen) atoms. The van der Waals surface area contributed by atoms with E-state index in [9.17, 15) is 9.18 Å². The standard InChI is InChI=1S/C27H25FN4O3/c1-34-25-14-18-13-24-22(31-23(18)15-26(25)35-2)11-12-32(24)16-17-3-7-20(8-4-17)29-27(33)30-21-9-5-19(28)6-10-21/h3-10,13-15H,11-12,16H2,1-2H3,(H2,29,30,33). The summed E-state index contributed by atoms with van der Waals surface area (Å²) in [6.07, 6.45) is 0.878. The predicted molar refractivity (Wildman–Crippen MR) is 135 cm³/mol. The average Bonchev–Trinajstić information content (AvgIpc) is 3.25. The van der Waals surface area contributed by atoms with Gasteiger partial charge in [0.15, 0.2) is 11.5 Å². The van der Waals surface area contributed by atoms with Crippen molar-refractivity contribution in [2.24, 2.45) is 0 Å². The van der Waals surface area contributed by atoms with E-state index in [4.69, 9.17) is 14.5 Å². The minimum atomic E-state index is -0.386. The molecular formula is C27H25FN4O3. The van der Waals surface area contributed by atoms with Crippen LogP contribution in [0.2, 0.25) is 0 Å². The number of urea groups is 1. The Hall–Kier alpha value is -4.33. The molecule has 0 saturated heterocycles. The molecule has 178 valence electrons. The summed E-state index contributed by atoms with van der Waals surface area (Å²) in [5.41, 5.74) is 5.38. The first-order valence-electron chi connectivity index (χ1n) is 11.3. The summed E-state index contributed by atoms with van der Waals surface area (Å²) in [5.74, 6) is 0.997. The van der Waals surface area contributed by atoms with Crippen LogP contribution >= 0.6 is 0 Å². The highest BCUT2D eigenvalue weighted by molar-refractivity contribution is 5.99. The van der Waals surface area contributed by atoms with Crippen LogP contribution in [-0.4, -0.2) is 31.8 Å². The molecule has 3 aromatic carbocycles. The first-order valence-corrected chi connectivity index (χ1v) is 11.3. The topological polar surface area (TPSA) is 75.7 Å². The molecule has 1 aromatic heterocycles. The number of aromatic nitrogens is 1. The number of methoxy groups -OCH3 is 2. The second-order valence-electron chi connectivity index (χ2n) is 8.31. The van der Waals surface area contributed by atoms with Gasteiger partial charge in [-0.15, -0.1) is 0 Å². The molecule has 0 saturated carbocycles. The van der Waals surface area contributed by atoms with Gasteiger partial charge in [0.25, 0.3) is 0 Å². The predicted octanol–water partition coefficient (Wildman–Crippen LogP) is 5.60. The third kappa shape index (κ3) is 4.82. The molecule has 0 bridgehead atoms. The van der Waals surface area contributed by atoms with Gasteiger partial charge in [-0.05, 0) is 54.1 Å². The summed E-state index contributed by atoms with van der Waals surface area (Å²) in [4.78, 5) is 19.4. The number of nitrogens with zero attached hydrogens (tertiary/aromatic N) is 2. The third-order valence-electron chi connectivity index (χ3n) is 6.02. The summed E-state index contributed by atoms with van der Waals surface area (Å²) in [7, 11) is 3.25. The van der Waals surface area contributed by atoms with Gasteiger partial charge in [0, 0.05) is 42.3 Å². The van der Waals surface area contributed by atoms with Crippen molar-refractivity contribution < 1.29 is 18.7 Å². The molecule has 1 aliphatic rings. The van der Waals surface area contributed by atoms with E-state index in [-0.39, 0.29) is 11.8 Å². The Kier molecular flexibility index (Phi) is 6.10. The van der Waals surface area contributed by atoms with E-state index in [2.05, 4.69) is 21.6 Å². The van der Waals surface area contributed by atoms with Crippen LogP contribution in [0.15, 0.2) is 66.7 Å². The van der Waals surface area contributed by atoms with Gasteiger partial charge in [0.05, 0.1) is 31.1 Å². The molecule has 0 fully saturated rings. The zero-order chi connectivity index (χ0) is 24.4. The minimum absolute atomic E-state index is 0.351. The number of carbonyl (C=O) groups is 1. The molecule has 4 aromatic rings. The lowest BCUT2D eigenvalue weighted by Gasteiger charge is -2.20. The number of nitrogens with one attached hydrogen (secondary N) is 2. The van der Waals surface area contributed by atoms with Gasteiger partial charge in [-0.25, -0.2) is 9.18 Å². The number of hydrogen-bond donors (Lipinski definition) is 2. The number of benzene rings is 3. The van der Waals surface area contributed by atoms with Crippen LogP contribution in [-0.2, 0) is 13.0 Å². The highest BCUT2D eigenvalue weighted by Crippen LogP contribution is 2.36. The fraction of sp³-hybridized carbons (Fsp3) is 0.185. The largest absolute Gasteiger partial charge is 0.493 e. The zero-order valence-corrected chi connectivity index (χ0v) is 19.5. The molecule has 7 nitrogen and oxygen atoms in total. The van der Waals surface area contributed by atoms with Gasteiger partial charge in [-0.3, -0.25) is 4.98 Å². The number of hydrogen-bond acceptors (Lipinski definition) is 5. The number of halogens is 1. The monoisotopic (exact) mass is 472 g/mol. The second kappa shape index (κ2) is 9.50. The molecule has 1 aliphatic heterocycles. The van der Waals surface area contributed by atoms with Crippen molar-refractivity contribution >= 4 is 34.0 Å². The number of anilines is 3. The molecule has 0 atom stereocenters. The Morgan fingerprint density at radius 1 is 0.943 bits per heavy atom. The number of amides is 2. The maximum absolute atomic E-state index is 13.0. The fourth-order valence-electron chi connectivity index (χ4n) is 4.25. The second-order valence-corrected chi connectivity index (χ2v) is 8.31. The third-order valence-corrected chi connectivity index (χ3v) is 6.02. The van der Waals surface area contributed by atoms with Crippen molar-refractivity contribution in [3.05, 3.63) is 83.8 Å². The zero-order valence-electron chi connectivity index (χ0n) is 19.5. The van der Waals surface area contributed by atoms with E-state index in [1.165, 1.54) is 24.3 Å². The van der Waals surface area contributed by atoms with Crippen LogP contribution in [0.1, 0.15) is 11.3 Å². The van der Waals surface area contributed by atoms with Gasteiger partial charge >= 0.3 is 6.03 Å². The van der Waals surface area contributed by atoms with Crippen molar-refractivity contribution in [2.75, 3.05) is 36.3 Å². The Morgan fingerprint density at radius 2 is 1.57 bits per heavy atom. The molecule has 2 amide bonds. The average molecular weight is 473 g/mol. The van der Waals surface area contributed by atoms with Gasteiger partial charge in [-0.1, -0.05) is 12.1 Å².